The minimum Gasteiger partial charge on any atom is -0.493 e. The van der Waals surface area contributed by atoms with Gasteiger partial charge in [-0.3, -0.25) is 4.79 Å². The molecule has 0 saturated carbocycles. The topological polar surface area (TPSA) is 89.7 Å². The van der Waals surface area contributed by atoms with Crippen molar-refractivity contribution < 1.29 is 17.9 Å². The van der Waals surface area contributed by atoms with E-state index in [1.54, 1.807) is 31.0 Å². The summed E-state index contributed by atoms with van der Waals surface area (Å²) in [5.41, 5.74) is 5.21. The van der Waals surface area contributed by atoms with Crippen LogP contribution in [0.1, 0.15) is 33.1 Å². The molecule has 0 radical (unpaired) electrons. The van der Waals surface area contributed by atoms with Gasteiger partial charge in [0.25, 0.3) is 0 Å². The molecule has 1 aromatic rings. The van der Waals surface area contributed by atoms with E-state index in [4.69, 9.17) is 10.5 Å². The predicted octanol–water partition coefficient (Wildman–Crippen LogP) is 1.83. The summed E-state index contributed by atoms with van der Waals surface area (Å²) in [6.45, 7) is 4.67. The van der Waals surface area contributed by atoms with E-state index in [0.717, 1.165) is 12.7 Å². The SMILES string of the molecule is CCCC(C)(N)C(=O)N(C)CCCOc1cccc(S(C)(=O)=O)c1. The normalized spacial score (nSPS) is 14.0. The van der Waals surface area contributed by atoms with Crippen LogP contribution in [-0.4, -0.2) is 51.2 Å². The molecular weight excluding hydrogens is 328 g/mol. The van der Waals surface area contributed by atoms with Crippen LogP contribution in [0.4, 0.5) is 0 Å². The Balaban J connectivity index is 2.48. The Bertz CT molecular complexity index is 656. The number of nitrogens with two attached hydrogens (primary N) is 1. The van der Waals surface area contributed by atoms with Crippen LogP contribution < -0.4 is 10.5 Å². The maximum Gasteiger partial charge on any atom is 0.242 e. The Morgan fingerprint density at radius 2 is 2.04 bits per heavy atom. The number of carbonyl (C=O) groups excluding carboxylic acids is 1. The highest BCUT2D eigenvalue weighted by Gasteiger charge is 2.29. The number of amides is 1. The molecule has 1 aromatic carbocycles. The van der Waals surface area contributed by atoms with Gasteiger partial charge < -0.3 is 15.4 Å². The van der Waals surface area contributed by atoms with Crippen molar-refractivity contribution in [1.29, 1.82) is 0 Å². The first-order valence-corrected chi connectivity index (χ1v) is 9.94. The maximum absolute atomic E-state index is 12.3. The van der Waals surface area contributed by atoms with Gasteiger partial charge in [0.1, 0.15) is 5.75 Å². The first kappa shape index (κ1) is 20.4. The number of carbonyl (C=O) groups is 1. The number of nitrogens with zero attached hydrogens (tertiary/aromatic N) is 1. The molecular formula is C17H28N2O4S. The fourth-order valence-corrected chi connectivity index (χ4v) is 3.11. The van der Waals surface area contributed by atoms with Gasteiger partial charge in [-0.1, -0.05) is 19.4 Å². The van der Waals surface area contributed by atoms with Gasteiger partial charge >= 0.3 is 0 Å². The molecule has 0 spiro atoms. The minimum absolute atomic E-state index is 0.0802. The molecule has 136 valence electrons. The third kappa shape index (κ3) is 6.13. The van der Waals surface area contributed by atoms with Crippen LogP contribution in [0, 0.1) is 0 Å². The smallest absolute Gasteiger partial charge is 0.242 e. The van der Waals surface area contributed by atoms with Crippen LogP contribution in [-0.2, 0) is 14.6 Å². The first-order valence-electron chi connectivity index (χ1n) is 8.05. The number of likely N-dealkylation sites (N-methyl/N-ethyl adjacent to an activating group) is 1. The lowest BCUT2D eigenvalue weighted by Gasteiger charge is -2.29. The molecule has 1 unspecified atom stereocenters. The molecule has 0 heterocycles. The average molecular weight is 356 g/mol. The third-order valence-electron chi connectivity index (χ3n) is 3.74. The molecule has 24 heavy (non-hydrogen) atoms. The molecule has 1 amide bonds. The van der Waals surface area contributed by atoms with Crippen molar-refractivity contribution in [3.8, 4) is 5.75 Å². The molecule has 1 atom stereocenters. The highest BCUT2D eigenvalue weighted by molar-refractivity contribution is 7.90. The van der Waals surface area contributed by atoms with E-state index in [0.29, 0.717) is 31.7 Å². The van der Waals surface area contributed by atoms with Gasteiger partial charge in [0.2, 0.25) is 5.91 Å². The van der Waals surface area contributed by atoms with Crippen molar-refractivity contribution in [3.05, 3.63) is 24.3 Å². The molecule has 0 fully saturated rings. The molecule has 0 bridgehead atoms. The number of ether oxygens (including phenoxy) is 1. The molecule has 2 N–H and O–H groups in total. The Morgan fingerprint density at radius 1 is 1.38 bits per heavy atom. The van der Waals surface area contributed by atoms with E-state index in [1.165, 1.54) is 12.1 Å². The van der Waals surface area contributed by atoms with Crippen LogP contribution in [0.3, 0.4) is 0 Å². The number of sulfone groups is 1. The summed E-state index contributed by atoms with van der Waals surface area (Å²) < 4.78 is 28.6. The standard InChI is InChI=1S/C17H28N2O4S/c1-5-10-17(2,18)16(20)19(3)11-7-12-23-14-8-6-9-15(13-14)24(4,21)22/h6,8-9,13H,5,7,10-12,18H2,1-4H3. The summed E-state index contributed by atoms with van der Waals surface area (Å²) in [6, 6.07) is 6.39. The lowest BCUT2D eigenvalue weighted by Crippen LogP contribution is -2.52. The Labute approximate surface area is 144 Å². The van der Waals surface area contributed by atoms with Gasteiger partial charge in [-0.15, -0.1) is 0 Å². The zero-order valence-corrected chi connectivity index (χ0v) is 15.7. The Hall–Kier alpha value is -1.60. The van der Waals surface area contributed by atoms with Crippen molar-refractivity contribution in [3.63, 3.8) is 0 Å². The summed E-state index contributed by atoms with van der Waals surface area (Å²) in [7, 11) is -1.52. The van der Waals surface area contributed by atoms with Gasteiger partial charge in [-0.2, -0.15) is 0 Å². The highest BCUT2D eigenvalue weighted by Crippen LogP contribution is 2.17. The van der Waals surface area contributed by atoms with Crippen molar-refractivity contribution >= 4 is 15.7 Å². The van der Waals surface area contributed by atoms with Gasteiger partial charge in [-0.05, 0) is 38.0 Å². The quantitative estimate of drug-likeness (QED) is 0.682. The summed E-state index contributed by atoms with van der Waals surface area (Å²) in [5, 5.41) is 0. The van der Waals surface area contributed by atoms with E-state index in [-0.39, 0.29) is 10.8 Å². The Morgan fingerprint density at radius 3 is 2.62 bits per heavy atom. The second kappa shape index (κ2) is 8.48. The molecule has 0 aliphatic heterocycles. The molecule has 0 saturated heterocycles. The van der Waals surface area contributed by atoms with E-state index in [2.05, 4.69) is 0 Å². The lowest BCUT2D eigenvalue weighted by atomic mass is 9.96. The number of benzene rings is 1. The van der Waals surface area contributed by atoms with Crippen molar-refractivity contribution in [1.82, 2.24) is 4.90 Å². The number of hydrogen-bond acceptors (Lipinski definition) is 5. The van der Waals surface area contributed by atoms with Crippen LogP contribution in [0.15, 0.2) is 29.2 Å². The van der Waals surface area contributed by atoms with E-state index in [9.17, 15) is 13.2 Å². The molecule has 0 aliphatic carbocycles. The van der Waals surface area contributed by atoms with Gasteiger partial charge in [0, 0.05) is 19.8 Å². The van der Waals surface area contributed by atoms with Gasteiger partial charge in [0.05, 0.1) is 17.0 Å². The molecule has 0 aliphatic rings. The number of hydrogen-bond donors (Lipinski definition) is 1. The van der Waals surface area contributed by atoms with Gasteiger partial charge in [-0.25, -0.2) is 8.42 Å². The van der Waals surface area contributed by atoms with Crippen LogP contribution in [0.5, 0.6) is 5.75 Å². The van der Waals surface area contributed by atoms with Crippen molar-refractivity contribution in [2.45, 2.75) is 43.5 Å². The first-order chi connectivity index (χ1) is 11.1. The fourth-order valence-electron chi connectivity index (χ4n) is 2.45. The monoisotopic (exact) mass is 356 g/mol. The predicted molar refractivity (Wildman–Crippen MR) is 94.8 cm³/mol. The summed E-state index contributed by atoms with van der Waals surface area (Å²) >= 11 is 0. The lowest BCUT2D eigenvalue weighted by molar-refractivity contribution is -0.135. The van der Waals surface area contributed by atoms with Crippen LogP contribution in [0.25, 0.3) is 0 Å². The summed E-state index contributed by atoms with van der Waals surface area (Å²) in [6.07, 6.45) is 3.29. The van der Waals surface area contributed by atoms with Crippen molar-refractivity contribution in [2.75, 3.05) is 26.5 Å². The van der Waals surface area contributed by atoms with Crippen molar-refractivity contribution in [2.24, 2.45) is 5.73 Å². The van der Waals surface area contributed by atoms with Gasteiger partial charge in [0.15, 0.2) is 9.84 Å². The molecule has 7 heteroatoms. The Kier molecular flexibility index (Phi) is 7.23. The third-order valence-corrected chi connectivity index (χ3v) is 4.86. The maximum atomic E-state index is 12.3. The summed E-state index contributed by atoms with van der Waals surface area (Å²) in [5.74, 6) is 0.421. The highest BCUT2D eigenvalue weighted by atomic mass is 32.2. The van der Waals surface area contributed by atoms with E-state index < -0.39 is 15.4 Å². The van der Waals surface area contributed by atoms with E-state index >= 15 is 0 Å². The molecule has 6 nitrogen and oxygen atoms in total. The fraction of sp³-hybridized carbons (Fsp3) is 0.588. The zero-order valence-electron chi connectivity index (χ0n) is 14.9. The zero-order chi connectivity index (χ0) is 18.4. The second-order valence-electron chi connectivity index (χ2n) is 6.34. The van der Waals surface area contributed by atoms with Crippen LogP contribution in [0.2, 0.25) is 0 Å². The largest absolute Gasteiger partial charge is 0.493 e. The van der Waals surface area contributed by atoms with E-state index in [1.807, 2.05) is 6.92 Å². The minimum atomic E-state index is -3.25. The van der Waals surface area contributed by atoms with Crippen LogP contribution >= 0.6 is 0 Å². The molecule has 0 aromatic heterocycles. The average Bonchev–Trinajstić information content (AvgIpc) is 2.50. The second-order valence-corrected chi connectivity index (χ2v) is 8.36. The molecule has 1 rings (SSSR count). The summed E-state index contributed by atoms with van der Waals surface area (Å²) in [4.78, 5) is 14.1. The number of rotatable bonds is 9.